The van der Waals surface area contributed by atoms with Gasteiger partial charge >= 0.3 is 0 Å². The SMILES string of the molecule is COC.COc1c(Br)cc(C=O)c(O)c1N. The van der Waals surface area contributed by atoms with E-state index in [-0.39, 0.29) is 17.0 Å². The largest absolute Gasteiger partial charge is 0.505 e. The topological polar surface area (TPSA) is 81.8 Å². The Kier molecular flexibility index (Phi) is 6.52. The Morgan fingerprint density at radius 2 is 1.94 bits per heavy atom. The van der Waals surface area contributed by atoms with E-state index >= 15 is 0 Å². The van der Waals surface area contributed by atoms with Crippen molar-refractivity contribution in [1.82, 2.24) is 0 Å². The number of hydrogen-bond donors (Lipinski definition) is 2. The Labute approximate surface area is 102 Å². The molecule has 16 heavy (non-hydrogen) atoms. The molecule has 90 valence electrons. The summed E-state index contributed by atoms with van der Waals surface area (Å²) in [5, 5.41) is 9.38. The van der Waals surface area contributed by atoms with Gasteiger partial charge in [-0.05, 0) is 22.0 Å². The zero-order chi connectivity index (χ0) is 12.7. The standard InChI is InChI=1S/C8H8BrNO3.C2H6O/c1-13-8-5(9)2-4(3-11)7(12)6(8)10;1-3-2/h2-3,12H,10H2,1H3;1-2H3. The van der Waals surface area contributed by atoms with Crippen LogP contribution in [0.3, 0.4) is 0 Å². The number of rotatable bonds is 2. The Balaban J connectivity index is 0.000000673. The molecule has 0 radical (unpaired) electrons. The van der Waals surface area contributed by atoms with Crippen LogP contribution in [0.4, 0.5) is 5.69 Å². The summed E-state index contributed by atoms with van der Waals surface area (Å²) in [6.07, 6.45) is 0.524. The predicted molar refractivity (Wildman–Crippen MR) is 65.1 cm³/mol. The van der Waals surface area contributed by atoms with E-state index in [1.165, 1.54) is 13.2 Å². The maximum absolute atomic E-state index is 10.5. The molecular weight excluding hydrogens is 278 g/mol. The average molecular weight is 292 g/mol. The van der Waals surface area contributed by atoms with Gasteiger partial charge in [-0.25, -0.2) is 0 Å². The second-order valence-electron chi connectivity index (χ2n) is 2.77. The van der Waals surface area contributed by atoms with Gasteiger partial charge in [0.15, 0.2) is 17.8 Å². The van der Waals surface area contributed by atoms with E-state index in [2.05, 4.69) is 20.7 Å². The highest BCUT2D eigenvalue weighted by Crippen LogP contribution is 2.39. The van der Waals surface area contributed by atoms with E-state index < -0.39 is 0 Å². The van der Waals surface area contributed by atoms with Crippen molar-refractivity contribution < 1.29 is 19.4 Å². The van der Waals surface area contributed by atoms with Gasteiger partial charge in [-0.2, -0.15) is 0 Å². The van der Waals surface area contributed by atoms with Gasteiger partial charge in [0, 0.05) is 14.2 Å². The summed E-state index contributed by atoms with van der Waals surface area (Å²) in [4.78, 5) is 10.5. The maximum Gasteiger partial charge on any atom is 0.159 e. The molecule has 0 saturated carbocycles. The molecule has 0 bridgehead atoms. The monoisotopic (exact) mass is 291 g/mol. The average Bonchev–Trinajstić information content (AvgIpc) is 2.25. The third-order valence-electron chi connectivity index (χ3n) is 1.60. The van der Waals surface area contributed by atoms with Gasteiger partial charge in [0.05, 0.1) is 17.1 Å². The van der Waals surface area contributed by atoms with E-state index in [0.29, 0.717) is 16.5 Å². The minimum atomic E-state index is -0.255. The third-order valence-corrected chi connectivity index (χ3v) is 2.19. The van der Waals surface area contributed by atoms with Crippen LogP contribution in [0.1, 0.15) is 10.4 Å². The van der Waals surface area contributed by atoms with Crippen molar-refractivity contribution in [3.05, 3.63) is 16.1 Å². The Hall–Kier alpha value is -1.27. The summed E-state index contributed by atoms with van der Waals surface area (Å²) in [6, 6.07) is 1.44. The number of halogens is 1. The molecule has 0 aromatic heterocycles. The molecule has 1 aromatic carbocycles. The van der Waals surface area contributed by atoms with Gasteiger partial charge in [0.2, 0.25) is 0 Å². The number of ether oxygens (including phenoxy) is 2. The minimum absolute atomic E-state index is 0.0546. The first-order valence-electron chi connectivity index (χ1n) is 4.23. The highest BCUT2D eigenvalue weighted by Gasteiger charge is 2.13. The molecule has 1 rings (SSSR count). The van der Waals surface area contributed by atoms with Gasteiger partial charge in [-0.3, -0.25) is 4.79 Å². The third kappa shape index (κ3) is 3.39. The van der Waals surface area contributed by atoms with E-state index in [1.807, 2.05) is 0 Å². The van der Waals surface area contributed by atoms with Crippen LogP contribution < -0.4 is 10.5 Å². The first kappa shape index (κ1) is 14.7. The van der Waals surface area contributed by atoms with Gasteiger partial charge in [0.1, 0.15) is 5.69 Å². The number of benzene rings is 1. The fraction of sp³-hybridized carbons (Fsp3) is 0.300. The maximum atomic E-state index is 10.5. The fourth-order valence-electron chi connectivity index (χ4n) is 0.959. The Morgan fingerprint density at radius 1 is 1.44 bits per heavy atom. The number of anilines is 1. The number of carbonyl (C=O) groups is 1. The molecule has 6 heteroatoms. The summed E-state index contributed by atoms with van der Waals surface area (Å²) >= 11 is 3.16. The van der Waals surface area contributed by atoms with Crippen LogP contribution in [0.25, 0.3) is 0 Å². The zero-order valence-corrected chi connectivity index (χ0v) is 10.9. The summed E-state index contributed by atoms with van der Waals surface area (Å²) < 4.78 is 9.69. The summed E-state index contributed by atoms with van der Waals surface area (Å²) in [6.45, 7) is 0. The predicted octanol–water partition coefficient (Wildman–Crippen LogP) is 1.82. The van der Waals surface area contributed by atoms with Gasteiger partial charge in [-0.15, -0.1) is 0 Å². The van der Waals surface area contributed by atoms with Crippen LogP contribution in [0.15, 0.2) is 10.5 Å². The van der Waals surface area contributed by atoms with E-state index in [4.69, 9.17) is 10.5 Å². The molecule has 0 aliphatic carbocycles. The van der Waals surface area contributed by atoms with Crippen molar-refractivity contribution in [1.29, 1.82) is 0 Å². The number of nitrogen functional groups attached to an aromatic ring is 1. The molecule has 0 aliphatic rings. The summed E-state index contributed by atoms with van der Waals surface area (Å²) in [5.74, 6) is 0.0677. The second kappa shape index (κ2) is 7.08. The summed E-state index contributed by atoms with van der Waals surface area (Å²) in [5.41, 5.74) is 5.69. The van der Waals surface area contributed by atoms with Crippen LogP contribution in [0.5, 0.6) is 11.5 Å². The molecule has 0 saturated heterocycles. The number of methoxy groups -OCH3 is 2. The lowest BCUT2D eigenvalue weighted by Gasteiger charge is -2.09. The normalized spacial score (nSPS) is 9.00. The lowest BCUT2D eigenvalue weighted by atomic mass is 10.2. The lowest BCUT2D eigenvalue weighted by molar-refractivity contribution is 0.112. The number of aldehydes is 1. The first-order chi connectivity index (χ1) is 7.53. The number of hydrogen-bond acceptors (Lipinski definition) is 5. The molecule has 0 atom stereocenters. The van der Waals surface area contributed by atoms with Crippen molar-refractivity contribution in [3.63, 3.8) is 0 Å². The molecule has 0 fully saturated rings. The van der Waals surface area contributed by atoms with Crippen molar-refractivity contribution in [2.75, 3.05) is 27.1 Å². The second-order valence-corrected chi connectivity index (χ2v) is 3.62. The van der Waals surface area contributed by atoms with Crippen molar-refractivity contribution in [2.45, 2.75) is 0 Å². The van der Waals surface area contributed by atoms with Gasteiger partial charge < -0.3 is 20.3 Å². The van der Waals surface area contributed by atoms with Crippen LogP contribution in [-0.4, -0.2) is 32.7 Å². The van der Waals surface area contributed by atoms with E-state index in [1.54, 1.807) is 14.2 Å². The molecule has 0 amide bonds. The summed E-state index contributed by atoms with van der Waals surface area (Å²) in [7, 11) is 4.68. The number of phenolic OH excluding ortho intramolecular Hbond substituents is 1. The minimum Gasteiger partial charge on any atom is -0.505 e. The van der Waals surface area contributed by atoms with Gasteiger partial charge in [0.25, 0.3) is 0 Å². The Morgan fingerprint density at radius 3 is 2.31 bits per heavy atom. The van der Waals surface area contributed by atoms with E-state index in [0.717, 1.165) is 0 Å². The number of nitrogens with two attached hydrogens (primary N) is 1. The first-order valence-corrected chi connectivity index (χ1v) is 5.02. The molecule has 1 aromatic rings. The molecular formula is C10H14BrNO4. The fourth-order valence-corrected chi connectivity index (χ4v) is 1.58. The lowest BCUT2D eigenvalue weighted by Crippen LogP contribution is -1.96. The van der Waals surface area contributed by atoms with Crippen molar-refractivity contribution >= 4 is 27.9 Å². The van der Waals surface area contributed by atoms with Crippen LogP contribution in [0, 0.1) is 0 Å². The Bertz CT molecular complexity index is 368. The number of phenols is 1. The molecule has 3 N–H and O–H groups in total. The number of carbonyl (C=O) groups excluding carboxylic acids is 1. The smallest absolute Gasteiger partial charge is 0.159 e. The molecule has 5 nitrogen and oxygen atoms in total. The highest BCUT2D eigenvalue weighted by molar-refractivity contribution is 9.10. The van der Waals surface area contributed by atoms with Crippen molar-refractivity contribution in [3.8, 4) is 11.5 Å². The van der Waals surface area contributed by atoms with Crippen LogP contribution in [0.2, 0.25) is 0 Å². The molecule has 0 spiro atoms. The zero-order valence-electron chi connectivity index (χ0n) is 9.28. The van der Waals surface area contributed by atoms with Crippen molar-refractivity contribution in [2.24, 2.45) is 0 Å². The quantitative estimate of drug-likeness (QED) is 0.493. The van der Waals surface area contributed by atoms with E-state index in [9.17, 15) is 9.90 Å². The van der Waals surface area contributed by atoms with Crippen LogP contribution >= 0.6 is 15.9 Å². The molecule has 0 heterocycles. The molecule has 0 aliphatic heterocycles. The molecule has 0 unspecified atom stereocenters. The number of aromatic hydroxyl groups is 1. The highest BCUT2D eigenvalue weighted by atomic mass is 79.9. The van der Waals surface area contributed by atoms with Gasteiger partial charge in [-0.1, -0.05) is 0 Å². The van der Waals surface area contributed by atoms with Crippen LogP contribution in [-0.2, 0) is 4.74 Å².